The summed E-state index contributed by atoms with van der Waals surface area (Å²) in [7, 11) is 0. The van der Waals surface area contributed by atoms with Crippen molar-refractivity contribution in [3.05, 3.63) is 23.8 Å². The summed E-state index contributed by atoms with van der Waals surface area (Å²) >= 11 is 0. The van der Waals surface area contributed by atoms with E-state index in [9.17, 15) is 9.59 Å². The Balaban J connectivity index is 1.20. The Hall–Kier alpha value is -2.24. The maximum Gasteiger partial charge on any atom is 0.231 e. The maximum atomic E-state index is 12.5. The topological polar surface area (TPSA) is 76.7 Å². The van der Waals surface area contributed by atoms with Gasteiger partial charge in [0.1, 0.15) is 0 Å². The number of fused-ring (bicyclic) bond motifs is 1. The van der Waals surface area contributed by atoms with Crippen LogP contribution in [-0.4, -0.2) is 24.6 Å². The van der Waals surface area contributed by atoms with Crippen LogP contribution in [0.5, 0.6) is 11.5 Å². The summed E-state index contributed by atoms with van der Waals surface area (Å²) in [5.74, 6) is 1.85. The van der Waals surface area contributed by atoms with Crippen molar-refractivity contribution in [3.8, 4) is 11.5 Å². The summed E-state index contributed by atoms with van der Waals surface area (Å²) < 4.78 is 10.7. The predicted octanol–water partition coefficient (Wildman–Crippen LogP) is 3.29. The van der Waals surface area contributed by atoms with E-state index in [0.29, 0.717) is 12.6 Å². The van der Waals surface area contributed by atoms with Crippen LogP contribution in [0.3, 0.4) is 0 Å². The average molecular weight is 386 g/mol. The van der Waals surface area contributed by atoms with Crippen molar-refractivity contribution in [2.45, 2.75) is 70.4 Å². The smallest absolute Gasteiger partial charge is 0.231 e. The second-order valence-corrected chi connectivity index (χ2v) is 8.30. The molecule has 0 radical (unpaired) electrons. The highest BCUT2D eigenvalue weighted by Gasteiger charge is 2.31. The van der Waals surface area contributed by atoms with Gasteiger partial charge in [0.25, 0.3) is 0 Å². The van der Waals surface area contributed by atoms with Crippen LogP contribution in [0.25, 0.3) is 0 Å². The van der Waals surface area contributed by atoms with Gasteiger partial charge in [0, 0.05) is 24.4 Å². The van der Waals surface area contributed by atoms with E-state index in [4.69, 9.17) is 9.47 Å². The number of benzene rings is 1. The van der Waals surface area contributed by atoms with Gasteiger partial charge in [-0.3, -0.25) is 9.59 Å². The Kier molecular flexibility index (Phi) is 6.03. The maximum absolute atomic E-state index is 12.5. The summed E-state index contributed by atoms with van der Waals surface area (Å²) in [5, 5.41) is 6.27. The molecule has 0 spiro atoms. The summed E-state index contributed by atoms with van der Waals surface area (Å²) in [5.41, 5.74) is 0.998. The Morgan fingerprint density at radius 2 is 1.54 bits per heavy atom. The van der Waals surface area contributed by atoms with Gasteiger partial charge < -0.3 is 20.1 Å². The molecule has 152 valence electrons. The van der Waals surface area contributed by atoms with Crippen molar-refractivity contribution in [1.82, 2.24) is 10.6 Å². The molecule has 0 aromatic heterocycles. The van der Waals surface area contributed by atoms with Crippen molar-refractivity contribution in [1.29, 1.82) is 0 Å². The van der Waals surface area contributed by atoms with Crippen molar-refractivity contribution >= 4 is 11.8 Å². The van der Waals surface area contributed by atoms with E-state index in [1.807, 2.05) is 18.2 Å². The fourth-order valence-corrected chi connectivity index (χ4v) is 4.57. The first-order chi connectivity index (χ1) is 13.7. The molecule has 28 heavy (non-hydrogen) atoms. The van der Waals surface area contributed by atoms with Crippen LogP contribution in [0.4, 0.5) is 0 Å². The molecule has 1 aromatic rings. The molecule has 2 fully saturated rings. The summed E-state index contributed by atoms with van der Waals surface area (Å²) in [4.78, 5) is 25.0. The number of hydrogen-bond donors (Lipinski definition) is 2. The van der Waals surface area contributed by atoms with Crippen LogP contribution in [0, 0.1) is 11.8 Å². The third-order valence-electron chi connectivity index (χ3n) is 6.32. The summed E-state index contributed by atoms with van der Waals surface area (Å²) in [6.45, 7) is 0.736. The van der Waals surface area contributed by atoms with E-state index >= 15 is 0 Å². The third-order valence-corrected chi connectivity index (χ3v) is 6.32. The Morgan fingerprint density at radius 1 is 0.857 bits per heavy atom. The lowest BCUT2D eigenvalue weighted by Crippen LogP contribution is -2.42. The summed E-state index contributed by atoms with van der Waals surface area (Å²) in [6.07, 6.45) is 9.15. The van der Waals surface area contributed by atoms with Gasteiger partial charge in [0.05, 0.1) is 0 Å². The van der Waals surface area contributed by atoms with E-state index in [1.165, 1.54) is 19.3 Å². The molecule has 0 atom stereocenters. The molecule has 6 nitrogen and oxygen atoms in total. The van der Waals surface area contributed by atoms with E-state index in [-0.39, 0.29) is 30.4 Å². The molecule has 3 aliphatic rings. The lowest BCUT2D eigenvalue weighted by Gasteiger charge is -2.29. The minimum Gasteiger partial charge on any atom is -0.454 e. The fraction of sp³-hybridized carbons (Fsp3) is 0.636. The van der Waals surface area contributed by atoms with Crippen LogP contribution < -0.4 is 20.1 Å². The standard InChI is InChI=1S/C22H30N2O4/c25-21(23-13-15-6-11-19-20(12-15)28-14-27-19)16-7-9-17(10-8-16)22(26)24-18-4-2-1-3-5-18/h6,11-12,16-18H,1-5,7-10,13-14H2,(H,23,25)(H,24,26). The second-order valence-electron chi connectivity index (χ2n) is 8.30. The van der Waals surface area contributed by atoms with Gasteiger partial charge in [-0.25, -0.2) is 0 Å². The van der Waals surface area contributed by atoms with Gasteiger partial charge in [0.15, 0.2) is 11.5 Å². The number of amides is 2. The highest BCUT2D eigenvalue weighted by molar-refractivity contribution is 5.81. The van der Waals surface area contributed by atoms with Gasteiger partial charge in [-0.1, -0.05) is 25.3 Å². The van der Waals surface area contributed by atoms with Gasteiger partial charge in [-0.05, 0) is 56.2 Å². The lowest BCUT2D eigenvalue weighted by atomic mass is 9.81. The number of rotatable bonds is 5. The number of carbonyl (C=O) groups is 2. The third kappa shape index (κ3) is 4.59. The number of hydrogen-bond acceptors (Lipinski definition) is 4. The lowest BCUT2D eigenvalue weighted by molar-refractivity contribution is -0.131. The van der Waals surface area contributed by atoms with Crippen LogP contribution in [0.2, 0.25) is 0 Å². The molecule has 0 saturated heterocycles. The fourth-order valence-electron chi connectivity index (χ4n) is 4.57. The van der Waals surface area contributed by atoms with Gasteiger partial charge in [0.2, 0.25) is 18.6 Å². The molecule has 1 heterocycles. The van der Waals surface area contributed by atoms with Gasteiger partial charge in [-0.15, -0.1) is 0 Å². The van der Waals surface area contributed by atoms with Crippen LogP contribution in [-0.2, 0) is 16.1 Å². The zero-order valence-electron chi connectivity index (χ0n) is 16.4. The van der Waals surface area contributed by atoms with E-state index in [0.717, 1.165) is 55.6 Å². The van der Waals surface area contributed by atoms with Crippen molar-refractivity contribution in [2.24, 2.45) is 11.8 Å². The molecule has 2 saturated carbocycles. The summed E-state index contributed by atoms with van der Waals surface area (Å²) in [6, 6.07) is 6.10. The monoisotopic (exact) mass is 386 g/mol. The van der Waals surface area contributed by atoms with Crippen molar-refractivity contribution in [2.75, 3.05) is 6.79 Å². The molecule has 4 rings (SSSR count). The molecule has 2 aliphatic carbocycles. The van der Waals surface area contributed by atoms with Crippen molar-refractivity contribution < 1.29 is 19.1 Å². The highest BCUT2D eigenvalue weighted by Crippen LogP contribution is 2.33. The van der Waals surface area contributed by atoms with E-state index < -0.39 is 0 Å². The zero-order chi connectivity index (χ0) is 19.3. The average Bonchev–Trinajstić information content (AvgIpc) is 3.21. The first kappa shape index (κ1) is 19.1. The SMILES string of the molecule is O=C(NCc1ccc2c(c1)OCO2)C1CCC(C(=O)NC2CCCCC2)CC1. The Morgan fingerprint density at radius 3 is 2.29 bits per heavy atom. The quantitative estimate of drug-likeness (QED) is 0.814. The molecule has 0 bridgehead atoms. The first-order valence-corrected chi connectivity index (χ1v) is 10.7. The Bertz CT molecular complexity index is 706. The molecule has 1 aliphatic heterocycles. The molecule has 0 unspecified atom stereocenters. The molecule has 6 heteroatoms. The molecule has 2 N–H and O–H groups in total. The highest BCUT2D eigenvalue weighted by atomic mass is 16.7. The molecule has 2 amide bonds. The normalized spacial score (nSPS) is 24.6. The predicted molar refractivity (Wildman–Crippen MR) is 105 cm³/mol. The van der Waals surface area contributed by atoms with Gasteiger partial charge in [-0.2, -0.15) is 0 Å². The number of nitrogens with one attached hydrogen (secondary N) is 2. The van der Waals surface area contributed by atoms with Crippen LogP contribution >= 0.6 is 0 Å². The molecule has 1 aromatic carbocycles. The number of carbonyl (C=O) groups excluding carboxylic acids is 2. The molecular formula is C22H30N2O4. The van der Waals surface area contributed by atoms with E-state index in [2.05, 4.69) is 10.6 Å². The van der Waals surface area contributed by atoms with Crippen LogP contribution in [0.1, 0.15) is 63.4 Å². The van der Waals surface area contributed by atoms with Gasteiger partial charge >= 0.3 is 0 Å². The zero-order valence-corrected chi connectivity index (χ0v) is 16.4. The molecular weight excluding hydrogens is 356 g/mol. The minimum absolute atomic E-state index is 0.00717. The van der Waals surface area contributed by atoms with Crippen molar-refractivity contribution in [3.63, 3.8) is 0 Å². The minimum atomic E-state index is 0.00717. The van der Waals surface area contributed by atoms with E-state index in [1.54, 1.807) is 0 Å². The first-order valence-electron chi connectivity index (χ1n) is 10.7. The second kappa shape index (κ2) is 8.84. The van der Waals surface area contributed by atoms with Crippen LogP contribution in [0.15, 0.2) is 18.2 Å². The Labute approximate surface area is 166 Å². The largest absolute Gasteiger partial charge is 0.454 e. The number of ether oxygens (including phenoxy) is 2.